The molecule has 34 heavy (non-hydrogen) atoms. The van der Waals surface area contributed by atoms with E-state index in [9.17, 15) is 19.8 Å². The number of phenols is 2. The van der Waals surface area contributed by atoms with Gasteiger partial charge in [0.05, 0.1) is 0 Å². The normalized spacial score (nSPS) is 9.71. The van der Waals surface area contributed by atoms with Crippen molar-refractivity contribution < 1.29 is 138 Å². The number of aromatic hydroxyl groups is 2. The van der Waals surface area contributed by atoms with Crippen molar-refractivity contribution in [2.45, 2.75) is 52.4 Å². The van der Waals surface area contributed by atoms with Gasteiger partial charge in [-0.3, -0.25) is 4.79 Å². The number of hydrogen-bond donors (Lipinski definition) is 5. The summed E-state index contributed by atoms with van der Waals surface area (Å²) in [4.78, 5) is 29.8. The molecule has 0 aromatic heterocycles. The minimum atomic E-state index is -1.11. The van der Waals surface area contributed by atoms with E-state index in [0.29, 0.717) is 5.56 Å². The standard InChI is InChI=1S/C15H22O3.C7H6O3.CH2O2.3Y/c1-14(2,3)9-7-10(13(17)18)12(16)11(8-9)15(4,5)6;8-6-4-2-1-3-5(6)7(9)10;2-1-3;;;/h7-8,16H,1-6H3,(H,17,18);1-4,8H,(H,9,10);1H,(H,2,3);;;. The average molecular weight is 701 g/mol. The van der Waals surface area contributed by atoms with Crippen molar-refractivity contribution in [2.24, 2.45) is 0 Å². The number of aromatic carboxylic acids is 2. The van der Waals surface area contributed by atoms with Crippen LogP contribution in [0.25, 0.3) is 0 Å². The van der Waals surface area contributed by atoms with E-state index in [1.54, 1.807) is 18.2 Å². The van der Waals surface area contributed by atoms with Crippen molar-refractivity contribution in [1.82, 2.24) is 0 Å². The minimum Gasteiger partial charge on any atom is -0.507 e. The first-order valence-corrected chi connectivity index (χ1v) is 9.28. The van der Waals surface area contributed by atoms with Gasteiger partial charge < -0.3 is 25.5 Å². The molecule has 2 rings (SSSR count). The Balaban J connectivity index is -0.000000241. The SMILES string of the molecule is CC(C)(C)c1cc(C(=O)O)c(O)c(C(C)(C)C)c1.O=C(O)c1ccccc1O.O=CO.[Y].[Y].[Y]. The Bertz CT molecular complexity index is 933. The zero-order valence-electron chi connectivity index (χ0n) is 20.2. The number of hydrogen-bond acceptors (Lipinski definition) is 5. The maximum Gasteiger partial charge on any atom is 0.339 e. The van der Waals surface area contributed by atoms with Gasteiger partial charge in [-0.05, 0) is 34.6 Å². The molecule has 0 fully saturated rings. The van der Waals surface area contributed by atoms with Crippen LogP contribution in [0.5, 0.6) is 11.5 Å². The van der Waals surface area contributed by atoms with Crippen molar-refractivity contribution in [1.29, 1.82) is 0 Å². The summed E-state index contributed by atoms with van der Waals surface area (Å²) in [6, 6.07) is 9.28. The van der Waals surface area contributed by atoms with Crippen LogP contribution in [-0.2, 0) is 114 Å². The van der Waals surface area contributed by atoms with Crippen LogP contribution in [0.2, 0.25) is 0 Å². The zero-order chi connectivity index (χ0) is 24.6. The van der Waals surface area contributed by atoms with Crippen LogP contribution in [0.1, 0.15) is 73.4 Å². The summed E-state index contributed by atoms with van der Waals surface area (Å²) < 4.78 is 0. The second-order valence-corrected chi connectivity index (χ2v) is 8.65. The van der Waals surface area contributed by atoms with Crippen molar-refractivity contribution in [3.05, 3.63) is 58.7 Å². The first kappa shape index (κ1) is 40.9. The fourth-order valence-corrected chi connectivity index (χ4v) is 2.46. The summed E-state index contributed by atoms with van der Waals surface area (Å²) in [6.07, 6.45) is 0. The fraction of sp³-hybridized carbons (Fsp3) is 0.348. The number of carboxylic acid groups (broad SMARTS) is 3. The molecule has 11 heteroatoms. The average Bonchev–Trinajstić information content (AvgIpc) is 2.61. The van der Waals surface area contributed by atoms with Crippen LogP contribution in [0.3, 0.4) is 0 Å². The molecule has 0 saturated carbocycles. The van der Waals surface area contributed by atoms with Crippen LogP contribution < -0.4 is 0 Å². The van der Waals surface area contributed by atoms with Crippen LogP contribution in [0, 0.1) is 0 Å². The Morgan fingerprint density at radius 3 is 1.47 bits per heavy atom. The van der Waals surface area contributed by atoms with Gasteiger partial charge in [0.25, 0.3) is 6.47 Å². The molecular weight excluding hydrogens is 671 g/mol. The molecule has 0 bridgehead atoms. The number of rotatable bonds is 2. The Morgan fingerprint density at radius 2 is 1.18 bits per heavy atom. The van der Waals surface area contributed by atoms with Crippen molar-refractivity contribution in [3.63, 3.8) is 0 Å². The summed E-state index contributed by atoms with van der Waals surface area (Å²) in [7, 11) is 0. The van der Waals surface area contributed by atoms with Crippen LogP contribution in [0.4, 0.5) is 0 Å². The maximum atomic E-state index is 11.2. The summed E-state index contributed by atoms with van der Waals surface area (Å²) in [5.74, 6) is -2.53. The maximum absolute atomic E-state index is 11.2. The molecule has 0 aliphatic carbocycles. The van der Waals surface area contributed by atoms with Crippen LogP contribution in [-0.4, -0.2) is 43.9 Å². The van der Waals surface area contributed by atoms with Crippen molar-refractivity contribution in [2.75, 3.05) is 0 Å². The van der Waals surface area contributed by atoms with Gasteiger partial charge in [0.2, 0.25) is 0 Å². The minimum absolute atomic E-state index is 0. The van der Waals surface area contributed by atoms with E-state index in [1.807, 2.05) is 47.6 Å². The van der Waals surface area contributed by atoms with Gasteiger partial charge in [-0.25, -0.2) is 9.59 Å². The smallest absolute Gasteiger partial charge is 0.339 e. The van der Waals surface area contributed by atoms with Gasteiger partial charge >= 0.3 is 11.9 Å². The number of carbonyl (C=O) groups is 3. The molecule has 0 atom stereocenters. The number of para-hydroxylation sites is 1. The van der Waals surface area contributed by atoms with Crippen LogP contribution >= 0.6 is 0 Å². The zero-order valence-corrected chi connectivity index (χ0v) is 28.7. The molecule has 0 aliphatic rings. The van der Waals surface area contributed by atoms with Gasteiger partial charge in [-0.2, -0.15) is 0 Å². The quantitative estimate of drug-likeness (QED) is 0.288. The van der Waals surface area contributed by atoms with E-state index in [-0.39, 0.29) is 138 Å². The molecule has 0 heterocycles. The number of carboxylic acids is 2. The van der Waals surface area contributed by atoms with Gasteiger partial charge in [-0.1, -0.05) is 59.7 Å². The fourth-order valence-electron chi connectivity index (χ4n) is 2.46. The third kappa shape index (κ3) is 13.7. The Labute approximate surface area is 275 Å². The van der Waals surface area contributed by atoms with E-state index < -0.39 is 11.9 Å². The Hall–Kier alpha value is -0.238. The van der Waals surface area contributed by atoms with E-state index in [2.05, 4.69) is 0 Å². The molecule has 0 unspecified atom stereocenters. The molecule has 3 radical (unpaired) electrons. The second kappa shape index (κ2) is 18.1. The summed E-state index contributed by atoms with van der Waals surface area (Å²) in [5.41, 5.74) is 1.05. The molecule has 2 aromatic rings. The summed E-state index contributed by atoms with van der Waals surface area (Å²) >= 11 is 0. The van der Waals surface area contributed by atoms with Gasteiger partial charge in [0.1, 0.15) is 22.6 Å². The van der Waals surface area contributed by atoms with Gasteiger partial charge in [0, 0.05) is 104 Å². The monoisotopic (exact) mass is 701 g/mol. The predicted molar refractivity (Wildman–Crippen MR) is 116 cm³/mol. The molecule has 179 valence electrons. The van der Waals surface area contributed by atoms with Crippen molar-refractivity contribution >= 4 is 18.4 Å². The molecule has 5 N–H and O–H groups in total. The van der Waals surface area contributed by atoms with E-state index in [4.69, 9.17) is 20.1 Å². The third-order valence-corrected chi connectivity index (χ3v) is 4.15. The second-order valence-electron chi connectivity index (χ2n) is 8.65. The van der Waals surface area contributed by atoms with Crippen LogP contribution in [0.15, 0.2) is 36.4 Å². The molecule has 2 aromatic carbocycles. The van der Waals surface area contributed by atoms with E-state index in [1.165, 1.54) is 12.1 Å². The largest absolute Gasteiger partial charge is 0.507 e. The number of benzene rings is 2. The van der Waals surface area contributed by atoms with Gasteiger partial charge in [-0.15, -0.1) is 0 Å². The first-order valence-electron chi connectivity index (χ1n) is 9.28. The summed E-state index contributed by atoms with van der Waals surface area (Å²) in [6.45, 7) is 11.7. The van der Waals surface area contributed by atoms with Gasteiger partial charge in [0.15, 0.2) is 0 Å². The van der Waals surface area contributed by atoms with E-state index >= 15 is 0 Å². The molecule has 0 aliphatic heterocycles. The Morgan fingerprint density at radius 1 is 0.765 bits per heavy atom. The molecule has 8 nitrogen and oxygen atoms in total. The topological polar surface area (TPSA) is 152 Å². The molecule has 0 saturated heterocycles. The summed E-state index contributed by atoms with van der Waals surface area (Å²) in [5, 5.41) is 43.5. The van der Waals surface area contributed by atoms with E-state index in [0.717, 1.165) is 5.56 Å². The molecule has 0 amide bonds. The third-order valence-electron chi connectivity index (χ3n) is 4.15. The molecule has 0 spiro atoms. The predicted octanol–water partition coefficient (Wildman–Crippen LogP) is 4.47. The van der Waals surface area contributed by atoms with Crippen molar-refractivity contribution in [3.8, 4) is 11.5 Å². The Kier molecular flexibility index (Phi) is 21.7. The molecular formula is C23H30O8Y3. The first-order chi connectivity index (χ1) is 14.1.